The highest BCUT2D eigenvalue weighted by Gasteiger charge is 2.35. The minimum atomic E-state index is -0.370. The minimum absolute atomic E-state index is 0.0497. The average molecular weight is 419 g/mol. The number of hydrogen-bond acceptors (Lipinski definition) is 5. The number of anilines is 1. The largest absolute Gasteiger partial charge is 0.367 e. The first-order valence-corrected chi connectivity index (χ1v) is 10.5. The number of fused-ring (bicyclic) bond motifs is 2. The molecule has 0 atom stereocenters. The fraction of sp³-hybridized carbons (Fsp3) is 0.174. The van der Waals surface area contributed by atoms with Gasteiger partial charge in [0.25, 0.3) is 11.8 Å². The van der Waals surface area contributed by atoms with E-state index >= 15 is 0 Å². The summed E-state index contributed by atoms with van der Waals surface area (Å²) in [5, 5.41) is 2.93. The number of benzene rings is 2. The maximum absolute atomic E-state index is 13.7. The minimum Gasteiger partial charge on any atom is -0.367 e. The highest BCUT2D eigenvalue weighted by molar-refractivity contribution is 7.13. The Kier molecular flexibility index (Phi) is 4.67. The molecule has 3 aromatic rings. The predicted octanol–water partition coefficient (Wildman–Crippen LogP) is 4.32. The fourth-order valence-electron chi connectivity index (χ4n) is 4.08. The van der Waals surface area contributed by atoms with Crippen molar-refractivity contribution in [3.05, 3.63) is 82.6 Å². The van der Waals surface area contributed by atoms with E-state index in [4.69, 9.17) is 0 Å². The van der Waals surface area contributed by atoms with E-state index in [9.17, 15) is 14.0 Å². The standard InChI is InChI=1S/C23H18FN3O2S/c24-12-15(14-27-22(28)18-3-1-2-4-19(18)23(27)29)13-26-9-7-16-11-17(5-6-20(16)26)21-25-8-10-30-21/h1-6,8,10-12H,7,9,13-14H2. The quantitative estimate of drug-likeness (QED) is 0.578. The van der Waals surface area contributed by atoms with Gasteiger partial charge in [0.1, 0.15) is 5.01 Å². The molecule has 1 aromatic heterocycles. The molecule has 2 aromatic carbocycles. The van der Waals surface area contributed by atoms with Crippen LogP contribution < -0.4 is 4.90 Å². The molecule has 2 amide bonds. The average Bonchev–Trinajstić information content (AvgIpc) is 3.50. The molecule has 0 aliphatic carbocycles. The van der Waals surface area contributed by atoms with E-state index < -0.39 is 0 Å². The second-order valence-corrected chi connectivity index (χ2v) is 8.26. The third kappa shape index (κ3) is 3.11. The zero-order valence-corrected chi connectivity index (χ0v) is 16.9. The third-order valence-electron chi connectivity index (χ3n) is 5.54. The summed E-state index contributed by atoms with van der Waals surface area (Å²) >= 11 is 1.60. The van der Waals surface area contributed by atoms with Gasteiger partial charge in [0.05, 0.1) is 24.0 Å². The zero-order valence-electron chi connectivity index (χ0n) is 16.0. The van der Waals surface area contributed by atoms with Crippen molar-refractivity contribution in [1.29, 1.82) is 0 Å². The van der Waals surface area contributed by atoms with Crippen LogP contribution in [0.2, 0.25) is 0 Å². The van der Waals surface area contributed by atoms with Gasteiger partial charge in [-0.1, -0.05) is 12.1 Å². The van der Waals surface area contributed by atoms with E-state index in [0.29, 0.717) is 29.6 Å². The first-order chi connectivity index (χ1) is 14.7. The van der Waals surface area contributed by atoms with Crippen molar-refractivity contribution < 1.29 is 14.0 Å². The number of rotatable bonds is 5. The molecule has 5 nitrogen and oxygen atoms in total. The summed E-state index contributed by atoms with van der Waals surface area (Å²) in [6.45, 7) is 1.04. The number of aromatic nitrogens is 1. The molecule has 150 valence electrons. The third-order valence-corrected chi connectivity index (χ3v) is 6.36. The molecule has 0 radical (unpaired) electrons. The van der Waals surface area contributed by atoms with Gasteiger partial charge in [-0.2, -0.15) is 0 Å². The van der Waals surface area contributed by atoms with E-state index in [0.717, 1.165) is 34.1 Å². The van der Waals surface area contributed by atoms with E-state index in [1.165, 1.54) is 5.56 Å². The molecule has 3 heterocycles. The number of thiazole rings is 1. The second kappa shape index (κ2) is 7.50. The van der Waals surface area contributed by atoms with Crippen LogP contribution in [-0.2, 0) is 6.42 Å². The Morgan fingerprint density at radius 3 is 2.53 bits per heavy atom. The van der Waals surface area contributed by atoms with Crippen LogP contribution in [0.4, 0.5) is 10.1 Å². The number of carbonyl (C=O) groups excluding carboxylic acids is 2. The maximum Gasteiger partial charge on any atom is 0.261 e. The van der Waals surface area contributed by atoms with Crippen molar-refractivity contribution in [2.45, 2.75) is 6.42 Å². The Balaban J connectivity index is 1.32. The van der Waals surface area contributed by atoms with E-state index in [2.05, 4.69) is 16.0 Å². The topological polar surface area (TPSA) is 53.5 Å². The fourth-order valence-corrected chi connectivity index (χ4v) is 4.72. The van der Waals surface area contributed by atoms with E-state index in [1.807, 2.05) is 17.5 Å². The Labute approximate surface area is 177 Å². The Hall–Kier alpha value is -3.32. The molecular weight excluding hydrogens is 401 g/mol. The lowest BCUT2D eigenvalue weighted by molar-refractivity contribution is 0.0667. The van der Waals surface area contributed by atoms with Gasteiger partial charge in [0, 0.05) is 35.9 Å². The molecule has 2 aliphatic heterocycles. The van der Waals surface area contributed by atoms with Gasteiger partial charge >= 0.3 is 0 Å². The molecule has 30 heavy (non-hydrogen) atoms. The van der Waals surface area contributed by atoms with E-state index in [1.54, 1.807) is 41.8 Å². The van der Waals surface area contributed by atoms with Gasteiger partial charge in [0.15, 0.2) is 0 Å². The summed E-state index contributed by atoms with van der Waals surface area (Å²) in [5.74, 6) is -0.741. The lowest BCUT2D eigenvalue weighted by Gasteiger charge is -2.23. The number of hydrogen-bond donors (Lipinski definition) is 0. The van der Waals surface area contributed by atoms with Crippen LogP contribution in [0.15, 0.2) is 65.9 Å². The number of imide groups is 1. The molecule has 0 saturated heterocycles. The highest BCUT2D eigenvalue weighted by atomic mass is 32.1. The van der Waals surface area contributed by atoms with Crippen molar-refractivity contribution in [3.8, 4) is 10.6 Å². The SMILES string of the molecule is O=C1c2ccccc2C(=O)N1CC(=CF)CN1CCc2cc(-c3nccs3)ccc21. The predicted molar refractivity (Wildman–Crippen MR) is 114 cm³/mol. The molecule has 0 N–H and O–H groups in total. The van der Waals surface area contributed by atoms with Crippen LogP contribution in [0.5, 0.6) is 0 Å². The van der Waals surface area contributed by atoms with Crippen LogP contribution in [-0.4, -0.2) is 41.3 Å². The van der Waals surface area contributed by atoms with Crippen LogP contribution in [0.3, 0.4) is 0 Å². The van der Waals surface area contributed by atoms with Gasteiger partial charge in [-0.15, -0.1) is 11.3 Å². The molecule has 0 spiro atoms. The summed E-state index contributed by atoms with van der Waals surface area (Å²) in [5.41, 5.74) is 4.47. The molecule has 0 unspecified atom stereocenters. The summed E-state index contributed by atoms with van der Waals surface area (Å²) in [4.78, 5) is 32.7. The normalized spacial score (nSPS) is 15.7. The molecule has 0 saturated carbocycles. The second-order valence-electron chi connectivity index (χ2n) is 7.36. The summed E-state index contributed by atoms with van der Waals surface area (Å²) < 4.78 is 13.7. The first-order valence-electron chi connectivity index (χ1n) is 9.67. The van der Waals surface area contributed by atoms with Crippen LogP contribution in [0, 0.1) is 0 Å². The van der Waals surface area contributed by atoms with Gasteiger partial charge in [-0.25, -0.2) is 9.37 Å². The monoisotopic (exact) mass is 419 g/mol. The molecule has 5 rings (SSSR count). The number of amides is 2. The lowest BCUT2D eigenvalue weighted by atomic mass is 10.1. The van der Waals surface area contributed by atoms with Crippen LogP contribution >= 0.6 is 11.3 Å². The number of nitrogens with zero attached hydrogens (tertiary/aromatic N) is 3. The molecule has 2 aliphatic rings. The highest BCUT2D eigenvalue weighted by Crippen LogP contribution is 2.33. The number of halogens is 1. The summed E-state index contributed by atoms with van der Waals surface area (Å²) in [6, 6.07) is 12.9. The number of carbonyl (C=O) groups is 2. The van der Waals surface area contributed by atoms with E-state index in [-0.39, 0.29) is 18.4 Å². The van der Waals surface area contributed by atoms with Crippen molar-refractivity contribution in [1.82, 2.24) is 9.88 Å². The van der Waals surface area contributed by atoms with Crippen molar-refractivity contribution in [2.24, 2.45) is 0 Å². The molecule has 7 heteroatoms. The molecular formula is C23H18FN3O2S. The summed E-state index contributed by atoms with van der Waals surface area (Å²) in [7, 11) is 0. The smallest absolute Gasteiger partial charge is 0.261 e. The Morgan fingerprint density at radius 2 is 1.87 bits per heavy atom. The van der Waals surface area contributed by atoms with Gasteiger partial charge in [0.2, 0.25) is 0 Å². The van der Waals surface area contributed by atoms with Gasteiger partial charge < -0.3 is 4.90 Å². The lowest BCUT2D eigenvalue weighted by Crippen LogP contribution is -2.35. The Bertz CT molecular complexity index is 1140. The Morgan fingerprint density at radius 1 is 1.10 bits per heavy atom. The maximum atomic E-state index is 13.7. The van der Waals surface area contributed by atoms with Gasteiger partial charge in [-0.05, 0) is 47.9 Å². The van der Waals surface area contributed by atoms with Gasteiger partial charge in [-0.3, -0.25) is 14.5 Å². The van der Waals surface area contributed by atoms with Crippen molar-refractivity contribution in [2.75, 3.05) is 24.5 Å². The van der Waals surface area contributed by atoms with Crippen molar-refractivity contribution in [3.63, 3.8) is 0 Å². The van der Waals surface area contributed by atoms with Crippen molar-refractivity contribution >= 4 is 28.8 Å². The first kappa shape index (κ1) is 18.7. The molecule has 0 bridgehead atoms. The summed E-state index contributed by atoms with van der Waals surface area (Å²) in [6.07, 6.45) is 3.17. The van der Waals surface area contributed by atoms with Crippen LogP contribution in [0.1, 0.15) is 26.3 Å². The zero-order chi connectivity index (χ0) is 20.7. The van der Waals surface area contributed by atoms with Crippen LogP contribution in [0.25, 0.3) is 10.6 Å². The molecule has 0 fully saturated rings.